The van der Waals surface area contributed by atoms with Gasteiger partial charge < -0.3 is 9.31 Å². The highest BCUT2D eigenvalue weighted by molar-refractivity contribution is 6.46. The Balaban J connectivity index is 2.35. The molecule has 0 aliphatic heterocycles. The SMILES string of the molecule is COB(OC)C1CCCCCC1. The summed E-state index contributed by atoms with van der Waals surface area (Å²) < 4.78 is 10.5. The van der Waals surface area contributed by atoms with Crippen LogP contribution in [0.2, 0.25) is 5.82 Å². The number of hydrogen-bond acceptors (Lipinski definition) is 2. The lowest BCUT2D eigenvalue weighted by Gasteiger charge is -2.18. The van der Waals surface area contributed by atoms with E-state index in [2.05, 4.69) is 0 Å². The molecule has 0 heterocycles. The highest BCUT2D eigenvalue weighted by Crippen LogP contribution is 2.30. The molecule has 1 aliphatic carbocycles. The zero-order valence-electron chi connectivity index (χ0n) is 8.21. The zero-order valence-corrected chi connectivity index (χ0v) is 8.21. The first-order chi connectivity index (χ1) is 5.88. The van der Waals surface area contributed by atoms with Crippen LogP contribution in [0.5, 0.6) is 0 Å². The quantitative estimate of drug-likeness (QED) is 0.478. The van der Waals surface area contributed by atoms with Crippen molar-refractivity contribution in [3.63, 3.8) is 0 Å². The molecule has 0 aromatic heterocycles. The van der Waals surface area contributed by atoms with E-state index in [9.17, 15) is 0 Å². The first-order valence-electron chi connectivity index (χ1n) is 4.94. The maximum absolute atomic E-state index is 5.27. The molecule has 0 atom stereocenters. The second-order valence-corrected chi connectivity index (χ2v) is 3.59. The molecule has 0 N–H and O–H groups in total. The third-order valence-electron chi connectivity index (χ3n) is 2.75. The molecule has 3 heteroatoms. The van der Waals surface area contributed by atoms with Crippen LogP contribution in [-0.2, 0) is 9.31 Å². The second-order valence-electron chi connectivity index (χ2n) is 3.59. The van der Waals surface area contributed by atoms with Crippen molar-refractivity contribution in [2.24, 2.45) is 0 Å². The largest absolute Gasteiger partial charge is 0.459 e. The van der Waals surface area contributed by atoms with Gasteiger partial charge in [0, 0.05) is 14.2 Å². The Kier molecular flexibility index (Phi) is 4.70. The molecule has 12 heavy (non-hydrogen) atoms. The van der Waals surface area contributed by atoms with Gasteiger partial charge in [-0.2, -0.15) is 0 Å². The van der Waals surface area contributed by atoms with Crippen LogP contribution in [-0.4, -0.2) is 21.3 Å². The Hall–Kier alpha value is -0.0151. The molecule has 0 radical (unpaired) electrons. The smallest absolute Gasteiger partial charge is 0.414 e. The molecule has 0 spiro atoms. The molecule has 1 rings (SSSR count). The Labute approximate surface area is 75.8 Å². The Morgan fingerprint density at radius 3 is 1.83 bits per heavy atom. The van der Waals surface area contributed by atoms with E-state index in [-0.39, 0.29) is 7.12 Å². The predicted molar refractivity (Wildman–Crippen MR) is 51.2 cm³/mol. The van der Waals surface area contributed by atoms with Crippen LogP contribution < -0.4 is 0 Å². The highest BCUT2D eigenvalue weighted by Gasteiger charge is 2.28. The van der Waals surface area contributed by atoms with E-state index < -0.39 is 0 Å². The van der Waals surface area contributed by atoms with Crippen LogP contribution >= 0.6 is 0 Å². The summed E-state index contributed by atoms with van der Waals surface area (Å²) in [4.78, 5) is 0. The van der Waals surface area contributed by atoms with Gasteiger partial charge in [0.2, 0.25) is 0 Å². The van der Waals surface area contributed by atoms with Gasteiger partial charge in [-0.25, -0.2) is 0 Å². The molecule has 0 unspecified atom stereocenters. The van der Waals surface area contributed by atoms with Crippen molar-refractivity contribution in [1.29, 1.82) is 0 Å². The van der Waals surface area contributed by atoms with Crippen molar-refractivity contribution in [2.45, 2.75) is 44.3 Å². The van der Waals surface area contributed by atoms with E-state index in [0.29, 0.717) is 5.82 Å². The summed E-state index contributed by atoms with van der Waals surface area (Å²) >= 11 is 0. The first-order valence-corrected chi connectivity index (χ1v) is 4.94. The van der Waals surface area contributed by atoms with E-state index in [1.165, 1.54) is 38.5 Å². The van der Waals surface area contributed by atoms with Crippen LogP contribution in [0, 0.1) is 0 Å². The molecular formula is C9H19BO2. The molecule has 1 saturated carbocycles. The number of rotatable bonds is 3. The Morgan fingerprint density at radius 1 is 0.917 bits per heavy atom. The van der Waals surface area contributed by atoms with Gasteiger partial charge in [-0.1, -0.05) is 38.5 Å². The summed E-state index contributed by atoms with van der Waals surface area (Å²) in [6, 6.07) is 0. The fourth-order valence-electron chi connectivity index (χ4n) is 2.06. The summed E-state index contributed by atoms with van der Waals surface area (Å²) in [6.45, 7) is 0. The highest BCUT2D eigenvalue weighted by atomic mass is 16.6. The van der Waals surface area contributed by atoms with Crippen LogP contribution in [0.15, 0.2) is 0 Å². The third kappa shape index (κ3) is 2.79. The van der Waals surface area contributed by atoms with Crippen molar-refractivity contribution >= 4 is 7.12 Å². The fraction of sp³-hybridized carbons (Fsp3) is 1.00. The van der Waals surface area contributed by atoms with E-state index in [4.69, 9.17) is 9.31 Å². The summed E-state index contributed by atoms with van der Waals surface area (Å²) in [5.41, 5.74) is 0. The van der Waals surface area contributed by atoms with Crippen LogP contribution in [0.25, 0.3) is 0 Å². The summed E-state index contributed by atoms with van der Waals surface area (Å²) in [6.07, 6.45) is 7.99. The van der Waals surface area contributed by atoms with Gasteiger partial charge in [0.05, 0.1) is 0 Å². The van der Waals surface area contributed by atoms with Crippen molar-refractivity contribution in [1.82, 2.24) is 0 Å². The monoisotopic (exact) mass is 170 g/mol. The topological polar surface area (TPSA) is 18.5 Å². The minimum absolute atomic E-state index is 0.0306. The van der Waals surface area contributed by atoms with Gasteiger partial charge in [0.15, 0.2) is 0 Å². The second kappa shape index (κ2) is 5.60. The maximum atomic E-state index is 5.27. The van der Waals surface area contributed by atoms with Crippen molar-refractivity contribution < 1.29 is 9.31 Å². The minimum Gasteiger partial charge on any atom is -0.414 e. The standard InChI is InChI=1S/C9H19BO2/c1-11-10(12-2)9-7-5-3-4-6-8-9/h9H,3-8H2,1-2H3. The first kappa shape index (κ1) is 10.1. The van der Waals surface area contributed by atoms with Gasteiger partial charge >= 0.3 is 7.12 Å². The summed E-state index contributed by atoms with van der Waals surface area (Å²) in [7, 11) is 3.50. The average molecular weight is 170 g/mol. The molecule has 0 aromatic carbocycles. The van der Waals surface area contributed by atoms with Gasteiger partial charge in [-0.15, -0.1) is 0 Å². The van der Waals surface area contributed by atoms with Crippen molar-refractivity contribution in [3.05, 3.63) is 0 Å². The van der Waals surface area contributed by atoms with E-state index in [1.54, 1.807) is 14.2 Å². The third-order valence-corrected chi connectivity index (χ3v) is 2.75. The molecule has 1 fully saturated rings. The lowest BCUT2D eigenvalue weighted by Crippen LogP contribution is -2.25. The Bertz CT molecular complexity index is 107. The van der Waals surface area contributed by atoms with Gasteiger partial charge in [-0.05, 0) is 5.82 Å². The number of hydrogen-bond donors (Lipinski definition) is 0. The Morgan fingerprint density at radius 2 is 1.42 bits per heavy atom. The van der Waals surface area contributed by atoms with Crippen molar-refractivity contribution in [2.75, 3.05) is 14.2 Å². The van der Waals surface area contributed by atoms with Crippen molar-refractivity contribution in [3.8, 4) is 0 Å². The summed E-state index contributed by atoms with van der Waals surface area (Å²) in [5.74, 6) is 0.627. The fourth-order valence-corrected chi connectivity index (χ4v) is 2.06. The van der Waals surface area contributed by atoms with Crippen LogP contribution in [0.4, 0.5) is 0 Å². The van der Waals surface area contributed by atoms with Gasteiger partial charge in [-0.3, -0.25) is 0 Å². The lowest BCUT2D eigenvalue weighted by atomic mass is 9.68. The van der Waals surface area contributed by atoms with Crippen LogP contribution in [0.1, 0.15) is 38.5 Å². The van der Waals surface area contributed by atoms with Crippen LogP contribution in [0.3, 0.4) is 0 Å². The molecule has 0 saturated heterocycles. The maximum Gasteiger partial charge on any atom is 0.459 e. The average Bonchev–Trinajstić information content (AvgIpc) is 2.35. The molecule has 1 aliphatic rings. The molecule has 2 nitrogen and oxygen atoms in total. The molecule has 0 aromatic rings. The molecular weight excluding hydrogens is 151 g/mol. The lowest BCUT2D eigenvalue weighted by molar-refractivity contribution is 0.260. The van der Waals surface area contributed by atoms with E-state index in [1.807, 2.05) is 0 Å². The summed E-state index contributed by atoms with van der Waals surface area (Å²) in [5, 5.41) is 0. The van der Waals surface area contributed by atoms with Gasteiger partial charge in [0.1, 0.15) is 0 Å². The molecule has 70 valence electrons. The zero-order chi connectivity index (χ0) is 8.81. The van der Waals surface area contributed by atoms with E-state index in [0.717, 1.165) is 0 Å². The van der Waals surface area contributed by atoms with E-state index >= 15 is 0 Å². The predicted octanol–water partition coefficient (Wildman–Crippen LogP) is 2.49. The molecule has 0 bridgehead atoms. The van der Waals surface area contributed by atoms with Gasteiger partial charge in [0.25, 0.3) is 0 Å². The molecule has 0 amide bonds. The normalized spacial score (nSPS) is 20.5. The minimum atomic E-state index is 0.0306.